The highest BCUT2D eigenvalue weighted by molar-refractivity contribution is 5.82. The second-order valence-electron chi connectivity index (χ2n) is 8.02. The summed E-state index contributed by atoms with van der Waals surface area (Å²) < 4.78 is 0. The molecule has 0 spiro atoms. The smallest absolute Gasteiger partial charge is 0.225 e. The Bertz CT molecular complexity index is 454. The number of hydrogen-bond donors (Lipinski definition) is 2. The zero-order valence-corrected chi connectivity index (χ0v) is 14.8. The summed E-state index contributed by atoms with van der Waals surface area (Å²) in [4.78, 5) is 27.1. The summed E-state index contributed by atoms with van der Waals surface area (Å²) in [6.45, 7) is 2.41. The maximum Gasteiger partial charge on any atom is 0.225 e. The van der Waals surface area contributed by atoms with Crippen molar-refractivity contribution < 1.29 is 9.59 Å². The van der Waals surface area contributed by atoms with Crippen LogP contribution in [0.4, 0.5) is 0 Å². The maximum absolute atomic E-state index is 13.0. The fraction of sp³-hybridized carbons (Fsp3) is 0.895. The van der Waals surface area contributed by atoms with Crippen molar-refractivity contribution in [2.24, 2.45) is 29.4 Å². The second-order valence-corrected chi connectivity index (χ2v) is 8.02. The lowest BCUT2D eigenvalue weighted by Crippen LogP contribution is -2.48. The molecular weight excluding hydrogens is 302 g/mol. The molecule has 0 aromatic heterocycles. The van der Waals surface area contributed by atoms with Crippen LogP contribution in [0.3, 0.4) is 0 Å². The van der Waals surface area contributed by atoms with Crippen molar-refractivity contribution in [2.45, 2.75) is 57.8 Å². The van der Waals surface area contributed by atoms with Gasteiger partial charge in [-0.2, -0.15) is 0 Å². The van der Waals surface area contributed by atoms with Crippen molar-refractivity contribution in [1.29, 1.82) is 0 Å². The summed E-state index contributed by atoms with van der Waals surface area (Å²) in [6.07, 6.45) is 10.6. The average Bonchev–Trinajstić information content (AvgIpc) is 2.65. The lowest BCUT2D eigenvalue weighted by molar-refractivity contribution is -0.141. The van der Waals surface area contributed by atoms with Crippen molar-refractivity contribution in [1.82, 2.24) is 10.2 Å². The summed E-state index contributed by atoms with van der Waals surface area (Å²) in [5, 5.41) is 2.88. The molecule has 136 valence electrons. The number of piperidine rings is 1. The van der Waals surface area contributed by atoms with Crippen LogP contribution >= 0.6 is 0 Å². The molecule has 4 atom stereocenters. The van der Waals surface area contributed by atoms with Gasteiger partial charge in [-0.1, -0.05) is 25.7 Å². The summed E-state index contributed by atoms with van der Waals surface area (Å²) in [7, 11) is 0. The van der Waals surface area contributed by atoms with Crippen molar-refractivity contribution in [3.63, 3.8) is 0 Å². The van der Waals surface area contributed by atoms with E-state index in [1.54, 1.807) is 0 Å². The number of nitrogens with two attached hydrogens (primary N) is 1. The zero-order chi connectivity index (χ0) is 16.9. The van der Waals surface area contributed by atoms with Gasteiger partial charge in [0.15, 0.2) is 0 Å². The standard InChI is InChI=1S/C19H33N3O2/c20-9-10-21-18(23)17-6-3-11-22(13-17)19(24)16-8-7-14-4-1-2-5-15(14)12-16/h14-17H,1-13,20H2,(H,21,23). The van der Waals surface area contributed by atoms with Crippen LogP contribution in [0.5, 0.6) is 0 Å². The molecule has 2 aliphatic carbocycles. The molecule has 0 bridgehead atoms. The first kappa shape index (κ1) is 17.7. The number of fused-ring (bicyclic) bond motifs is 1. The summed E-state index contributed by atoms with van der Waals surface area (Å²) >= 11 is 0. The number of amides is 2. The third-order valence-electron chi connectivity index (χ3n) is 6.44. The zero-order valence-electron chi connectivity index (χ0n) is 14.8. The van der Waals surface area contributed by atoms with Crippen LogP contribution in [0.15, 0.2) is 0 Å². The van der Waals surface area contributed by atoms with E-state index < -0.39 is 0 Å². The molecule has 24 heavy (non-hydrogen) atoms. The SMILES string of the molecule is NCCNC(=O)C1CCCN(C(=O)C2CCC3CCCCC3C2)C1. The molecule has 3 fully saturated rings. The molecule has 1 saturated heterocycles. The second kappa shape index (κ2) is 8.32. The Balaban J connectivity index is 1.53. The number of nitrogens with one attached hydrogen (secondary N) is 1. The molecule has 1 aliphatic heterocycles. The predicted molar refractivity (Wildman–Crippen MR) is 94.2 cm³/mol. The molecule has 5 nitrogen and oxygen atoms in total. The van der Waals surface area contributed by atoms with Crippen LogP contribution in [0, 0.1) is 23.7 Å². The number of carbonyl (C=O) groups is 2. The van der Waals surface area contributed by atoms with Crippen molar-refractivity contribution >= 4 is 11.8 Å². The van der Waals surface area contributed by atoms with Gasteiger partial charge < -0.3 is 16.0 Å². The number of nitrogens with zero attached hydrogens (tertiary/aromatic N) is 1. The van der Waals surface area contributed by atoms with Crippen LogP contribution < -0.4 is 11.1 Å². The van der Waals surface area contributed by atoms with E-state index in [1.165, 1.54) is 32.1 Å². The Morgan fingerprint density at radius 1 is 0.958 bits per heavy atom. The van der Waals surface area contributed by atoms with Gasteiger partial charge in [0.25, 0.3) is 0 Å². The molecular formula is C19H33N3O2. The fourth-order valence-electron chi connectivity index (χ4n) is 5.09. The van der Waals surface area contributed by atoms with Gasteiger partial charge in [-0.05, 0) is 43.9 Å². The molecule has 2 amide bonds. The molecule has 4 unspecified atom stereocenters. The molecule has 3 rings (SSSR count). The molecule has 0 radical (unpaired) electrons. The Morgan fingerprint density at radius 2 is 1.75 bits per heavy atom. The molecule has 2 saturated carbocycles. The first-order chi connectivity index (χ1) is 11.7. The van der Waals surface area contributed by atoms with Gasteiger partial charge in [-0.15, -0.1) is 0 Å². The van der Waals surface area contributed by atoms with E-state index in [2.05, 4.69) is 5.32 Å². The van der Waals surface area contributed by atoms with E-state index in [1.807, 2.05) is 4.90 Å². The van der Waals surface area contributed by atoms with E-state index in [9.17, 15) is 9.59 Å². The molecule has 0 aromatic carbocycles. The largest absolute Gasteiger partial charge is 0.355 e. The van der Waals surface area contributed by atoms with Crippen LogP contribution in [-0.2, 0) is 9.59 Å². The van der Waals surface area contributed by atoms with Gasteiger partial charge >= 0.3 is 0 Å². The first-order valence-electron chi connectivity index (χ1n) is 9.95. The third kappa shape index (κ3) is 4.11. The minimum atomic E-state index is -0.0553. The number of carbonyl (C=O) groups excluding carboxylic acids is 2. The van der Waals surface area contributed by atoms with E-state index in [0.29, 0.717) is 25.5 Å². The molecule has 1 heterocycles. The van der Waals surface area contributed by atoms with Crippen molar-refractivity contribution in [3.8, 4) is 0 Å². The summed E-state index contributed by atoms with van der Waals surface area (Å²) in [6, 6.07) is 0. The Hall–Kier alpha value is -1.10. The van der Waals surface area contributed by atoms with Crippen molar-refractivity contribution in [2.75, 3.05) is 26.2 Å². The monoisotopic (exact) mass is 335 g/mol. The number of rotatable bonds is 4. The van der Waals surface area contributed by atoms with Crippen LogP contribution in [0.25, 0.3) is 0 Å². The van der Waals surface area contributed by atoms with Crippen LogP contribution in [0.1, 0.15) is 57.8 Å². The van der Waals surface area contributed by atoms with Crippen LogP contribution in [-0.4, -0.2) is 42.9 Å². The third-order valence-corrected chi connectivity index (χ3v) is 6.44. The molecule has 0 aromatic rings. The Labute approximate surface area is 145 Å². The Kier molecular flexibility index (Phi) is 6.14. The van der Waals surface area contributed by atoms with Gasteiger partial charge in [0, 0.05) is 32.1 Å². The molecule has 3 N–H and O–H groups in total. The molecule has 3 aliphatic rings. The van der Waals surface area contributed by atoms with E-state index in [4.69, 9.17) is 5.73 Å². The minimum Gasteiger partial charge on any atom is -0.355 e. The van der Waals surface area contributed by atoms with Gasteiger partial charge in [0.2, 0.25) is 11.8 Å². The van der Waals surface area contributed by atoms with Gasteiger partial charge in [-0.25, -0.2) is 0 Å². The first-order valence-corrected chi connectivity index (χ1v) is 9.95. The van der Waals surface area contributed by atoms with E-state index in [0.717, 1.165) is 44.1 Å². The lowest BCUT2D eigenvalue weighted by Gasteiger charge is -2.41. The van der Waals surface area contributed by atoms with Crippen molar-refractivity contribution in [3.05, 3.63) is 0 Å². The Morgan fingerprint density at radius 3 is 2.54 bits per heavy atom. The topological polar surface area (TPSA) is 75.4 Å². The number of hydrogen-bond acceptors (Lipinski definition) is 3. The predicted octanol–water partition coefficient (Wildman–Crippen LogP) is 1.91. The summed E-state index contributed by atoms with van der Waals surface area (Å²) in [5.74, 6) is 2.17. The maximum atomic E-state index is 13.0. The highest BCUT2D eigenvalue weighted by Gasteiger charge is 2.38. The molecule has 5 heteroatoms. The lowest BCUT2D eigenvalue weighted by atomic mass is 9.67. The van der Waals surface area contributed by atoms with Crippen LogP contribution in [0.2, 0.25) is 0 Å². The average molecular weight is 335 g/mol. The van der Waals surface area contributed by atoms with Gasteiger partial charge in [0.05, 0.1) is 5.92 Å². The van der Waals surface area contributed by atoms with Gasteiger partial charge in [-0.3, -0.25) is 9.59 Å². The highest BCUT2D eigenvalue weighted by atomic mass is 16.2. The van der Waals surface area contributed by atoms with E-state index in [-0.39, 0.29) is 17.7 Å². The van der Waals surface area contributed by atoms with E-state index >= 15 is 0 Å². The quantitative estimate of drug-likeness (QED) is 0.824. The summed E-state index contributed by atoms with van der Waals surface area (Å²) in [5.41, 5.74) is 5.45. The van der Waals surface area contributed by atoms with Gasteiger partial charge in [0.1, 0.15) is 0 Å². The highest BCUT2D eigenvalue weighted by Crippen LogP contribution is 2.43. The normalized spacial score (nSPS) is 33.6. The number of likely N-dealkylation sites (tertiary alicyclic amines) is 1. The fourth-order valence-corrected chi connectivity index (χ4v) is 5.09. The minimum absolute atomic E-state index is 0.0553.